The van der Waals surface area contributed by atoms with Gasteiger partial charge < -0.3 is 4.74 Å². The maximum absolute atomic E-state index is 12.0. The third-order valence-corrected chi connectivity index (χ3v) is 3.04. The molecule has 3 nitrogen and oxygen atoms in total. The summed E-state index contributed by atoms with van der Waals surface area (Å²) in [5.74, 6) is -0.0218. The van der Waals surface area contributed by atoms with Crippen molar-refractivity contribution >= 4 is 27.7 Å². The largest absolute Gasteiger partial charge is 0.426 e. The third kappa shape index (κ3) is 5.00. The molecule has 0 fully saturated rings. The number of halogens is 1. The van der Waals surface area contributed by atoms with Crippen molar-refractivity contribution in [3.63, 3.8) is 0 Å². The fourth-order valence-electron chi connectivity index (χ4n) is 1.63. The van der Waals surface area contributed by atoms with Gasteiger partial charge in [0.2, 0.25) is 0 Å². The lowest BCUT2D eigenvalue weighted by Gasteiger charge is -2.07. The van der Waals surface area contributed by atoms with E-state index in [4.69, 9.17) is 4.74 Å². The Bertz CT molecular complexity index is 415. The van der Waals surface area contributed by atoms with Crippen LogP contribution >= 0.6 is 15.9 Å². The third-order valence-electron chi connectivity index (χ3n) is 2.48. The molecule has 0 aliphatic heterocycles. The van der Waals surface area contributed by atoms with Gasteiger partial charge in [-0.1, -0.05) is 34.5 Å². The Hall–Kier alpha value is -1.16. The van der Waals surface area contributed by atoms with Gasteiger partial charge in [-0.2, -0.15) is 0 Å². The Morgan fingerprint density at radius 2 is 1.89 bits per heavy atom. The Kier molecular flexibility index (Phi) is 6.65. The van der Waals surface area contributed by atoms with Gasteiger partial charge in [0.1, 0.15) is 5.75 Å². The monoisotopic (exact) mass is 312 g/mol. The maximum atomic E-state index is 12.0. The number of carbonyl (C=O) groups excluding carboxylic acids is 2. The zero-order valence-electron chi connectivity index (χ0n) is 10.4. The standard InChI is InChI=1S/C14H17BrO3/c1-11(16)18-14-9-5-4-7-12(14)13(17)8-3-2-6-10-15/h4-5,7,9H,2-3,6,8,10H2,1H3. The lowest BCUT2D eigenvalue weighted by atomic mass is 10.0. The molecular weight excluding hydrogens is 296 g/mol. The van der Waals surface area contributed by atoms with E-state index in [1.165, 1.54) is 6.92 Å². The lowest BCUT2D eigenvalue weighted by Crippen LogP contribution is -2.07. The molecule has 18 heavy (non-hydrogen) atoms. The highest BCUT2D eigenvalue weighted by Crippen LogP contribution is 2.21. The van der Waals surface area contributed by atoms with E-state index in [2.05, 4.69) is 15.9 Å². The van der Waals surface area contributed by atoms with Crippen molar-refractivity contribution in [2.75, 3.05) is 5.33 Å². The summed E-state index contributed by atoms with van der Waals surface area (Å²) < 4.78 is 5.03. The van der Waals surface area contributed by atoms with Crippen LogP contribution in [0.25, 0.3) is 0 Å². The number of unbranched alkanes of at least 4 members (excludes halogenated alkanes) is 2. The Labute approximate surface area is 116 Å². The molecule has 0 atom stereocenters. The highest BCUT2D eigenvalue weighted by atomic mass is 79.9. The highest BCUT2D eigenvalue weighted by molar-refractivity contribution is 9.09. The summed E-state index contributed by atoms with van der Waals surface area (Å²) in [5.41, 5.74) is 0.492. The molecule has 0 unspecified atom stereocenters. The van der Waals surface area contributed by atoms with Gasteiger partial charge in [-0.3, -0.25) is 9.59 Å². The minimum absolute atomic E-state index is 0.0291. The molecule has 0 amide bonds. The van der Waals surface area contributed by atoms with Gasteiger partial charge in [0.25, 0.3) is 0 Å². The molecule has 0 saturated carbocycles. The van der Waals surface area contributed by atoms with Crippen LogP contribution < -0.4 is 4.74 Å². The molecule has 0 radical (unpaired) electrons. The second-order valence-electron chi connectivity index (χ2n) is 4.01. The predicted octanol–water partition coefficient (Wildman–Crippen LogP) is 3.75. The molecule has 0 aliphatic carbocycles. The van der Waals surface area contributed by atoms with Gasteiger partial charge in [0.05, 0.1) is 5.56 Å². The second-order valence-corrected chi connectivity index (χ2v) is 4.81. The van der Waals surface area contributed by atoms with Crippen molar-refractivity contribution in [1.82, 2.24) is 0 Å². The Morgan fingerprint density at radius 1 is 1.17 bits per heavy atom. The number of hydrogen-bond donors (Lipinski definition) is 0. The van der Waals surface area contributed by atoms with E-state index in [1.807, 2.05) is 0 Å². The topological polar surface area (TPSA) is 43.4 Å². The van der Waals surface area contributed by atoms with Crippen molar-refractivity contribution < 1.29 is 14.3 Å². The summed E-state index contributed by atoms with van der Waals surface area (Å²) in [7, 11) is 0. The summed E-state index contributed by atoms with van der Waals surface area (Å²) >= 11 is 3.36. The molecule has 1 aromatic rings. The number of ether oxygens (including phenoxy) is 1. The first kappa shape index (κ1) is 14.9. The van der Waals surface area contributed by atoms with Crippen molar-refractivity contribution in [3.05, 3.63) is 29.8 Å². The van der Waals surface area contributed by atoms with Crippen LogP contribution in [-0.4, -0.2) is 17.1 Å². The SMILES string of the molecule is CC(=O)Oc1ccccc1C(=O)CCCCCBr. The van der Waals surface area contributed by atoms with Crippen LogP contribution in [0.3, 0.4) is 0 Å². The molecule has 0 bridgehead atoms. The summed E-state index contributed by atoms with van der Waals surface area (Å²) in [6.45, 7) is 1.33. The van der Waals surface area contributed by atoms with Crippen LogP contribution in [-0.2, 0) is 4.79 Å². The van der Waals surface area contributed by atoms with E-state index in [1.54, 1.807) is 24.3 Å². The van der Waals surface area contributed by atoms with Crippen LogP contribution in [0.4, 0.5) is 0 Å². The zero-order chi connectivity index (χ0) is 13.4. The first-order valence-corrected chi connectivity index (χ1v) is 7.14. The summed E-state index contributed by atoms with van der Waals surface area (Å²) in [6.07, 6.45) is 3.44. The van der Waals surface area contributed by atoms with E-state index in [0.29, 0.717) is 17.7 Å². The van der Waals surface area contributed by atoms with E-state index < -0.39 is 5.97 Å². The number of alkyl halides is 1. The molecule has 4 heteroatoms. The van der Waals surface area contributed by atoms with E-state index in [0.717, 1.165) is 24.6 Å². The van der Waals surface area contributed by atoms with Crippen LogP contribution in [0.15, 0.2) is 24.3 Å². The minimum atomic E-state index is -0.408. The predicted molar refractivity (Wildman–Crippen MR) is 74.3 cm³/mol. The molecular formula is C14H17BrO3. The average Bonchev–Trinajstić information content (AvgIpc) is 2.34. The van der Waals surface area contributed by atoms with Crippen LogP contribution in [0, 0.1) is 0 Å². The Morgan fingerprint density at radius 3 is 2.56 bits per heavy atom. The van der Waals surface area contributed by atoms with Gasteiger partial charge in [0, 0.05) is 18.7 Å². The number of carbonyl (C=O) groups is 2. The quantitative estimate of drug-likeness (QED) is 0.253. The number of hydrogen-bond acceptors (Lipinski definition) is 3. The first-order valence-electron chi connectivity index (χ1n) is 6.01. The van der Waals surface area contributed by atoms with Crippen molar-refractivity contribution in [2.24, 2.45) is 0 Å². The Balaban J connectivity index is 2.63. The molecule has 0 heterocycles. The molecule has 1 aromatic carbocycles. The van der Waals surface area contributed by atoms with Crippen molar-refractivity contribution in [1.29, 1.82) is 0 Å². The van der Waals surface area contributed by atoms with Gasteiger partial charge in [-0.15, -0.1) is 0 Å². The summed E-state index contributed by atoms with van der Waals surface area (Å²) in [6, 6.07) is 6.87. The fourth-order valence-corrected chi connectivity index (χ4v) is 2.03. The molecule has 0 aromatic heterocycles. The van der Waals surface area contributed by atoms with Crippen LogP contribution in [0.5, 0.6) is 5.75 Å². The molecule has 0 N–H and O–H groups in total. The van der Waals surface area contributed by atoms with Crippen molar-refractivity contribution in [2.45, 2.75) is 32.6 Å². The van der Waals surface area contributed by atoms with Crippen LogP contribution in [0.1, 0.15) is 43.0 Å². The number of Topliss-reactive ketones (excluding diaryl/α,β-unsaturated/α-hetero) is 1. The summed E-state index contributed by atoms with van der Waals surface area (Å²) in [5, 5.41) is 0.964. The fraction of sp³-hybridized carbons (Fsp3) is 0.429. The van der Waals surface area contributed by atoms with Crippen LogP contribution in [0.2, 0.25) is 0 Å². The molecule has 0 aliphatic rings. The maximum Gasteiger partial charge on any atom is 0.308 e. The zero-order valence-corrected chi connectivity index (χ0v) is 12.0. The summed E-state index contributed by atoms with van der Waals surface area (Å²) in [4.78, 5) is 23.0. The average molecular weight is 313 g/mol. The van der Waals surface area contributed by atoms with Gasteiger partial charge in [-0.25, -0.2) is 0 Å². The molecule has 98 valence electrons. The number of ketones is 1. The second kappa shape index (κ2) is 8.03. The normalized spacial score (nSPS) is 10.1. The highest BCUT2D eigenvalue weighted by Gasteiger charge is 2.12. The number of rotatable bonds is 7. The van der Waals surface area contributed by atoms with E-state index in [9.17, 15) is 9.59 Å². The lowest BCUT2D eigenvalue weighted by molar-refractivity contribution is -0.131. The first-order chi connectivity index (χ1) is 8.65. The smallest absolute Gasteiger partial charge is 0.308 e. The number of benzene rings is 1. The number of esters is 1. The minimum Gasteiger partial charge on any atom is -0.426 e. The molecule has 0 spiro atoms. The van der Waals surface area contributed by atoms with Gasteiger partial charge in [0.15, 0.2) is 5.78 Å². The van der Waals surface area contributed by atoms with Crippen molar-refractivity contribution in [3.8, 4) is 5.75 Å². The van der Waals surface area contributed by atoms with E-state index in [-0.39, 0.29) is 5.78 Å². The van der Waals surface area contributed by atoms with Gasteiger partial charge in [-0.05, 0) is 25.0 Å². The number of para-hydroxylation sites is 1. The van der Waals surface area contributed by atoms with E-state index >= 15 is 0 Å². The molecule has 0 saturated heterocycles. The molecule has 1 rings (SSSR count). The van der Waals surface area contributed by atoms with Gasteiger partial charge >= 0.3 is 5.97 Å².